The van der Waals surface area contributed by atoms with Crippen molar-refractivity contribution in [2.45, 2.75) is 33.2 Å². The molecule has 0 saturated heterocycles. The van der Waals surface area contributed by atoms with Gasteiger partial charge in [0.2, 0.25) is 5.95 Å². The topological polar surface area (TPSA) is 53.2 Å². The van der Waals surface area contributed by atoms with Gasteiger partial charge in [-0.3, -0.25) is 4.90 Å². The first-order valence-corrected chi connectivity index (χ1v) is 7.17. The van der Waals surface area contributed by atoms with E-state index >= 15 is 0 Å². The SMILES string of the molecule is C/C=C\C(C)OC(Nc1nc2cc(C)ccc2[nH]1)N(C)C. The molecule has 0 saturated carbocycles. The number of rotatable bonds is 6. The number of hydrogen-bond donors (Lipinski definition) is 2. The Kier molecular flexibility index (Phi) is 4.98. The Morgan fingerprint density at radius 1 is 1.38 bits per heavy atom. The summed E-state index contributed by atoms with van der Waals surface area (Å²) in [5.74, 6) is 0.710. The van der Waals surface area contributed by atoms with E-state index in [1.165, 1.54) is 5.56 Å². The predicted octanol–water partition coefficient (Wildman–Crippen LogP) is 3.11. The molecule has 2 N–H and O–H groups in total. The van der Waals surface area contributed by atoms with Crippen LogP contribution in [-0.4, -0.2) is 41.4 Å². The lowest BCUT2D eigenvalue weighted by molar-refractivity contribution is -0.0395. The minimum atomic E-state index is -0.252. The average molecular weight is 288 g/mol. The predicted molar refractivity (Wildman–Crippen MR) is 87.3 cm³/mol. The van der Waals surface area contributed by atoms with E-state index in [0.717, 1.165) is 11.0 Å². The van der Waals surface area contributed by atoms with Gasteiger partial charge in [0, 0.05) is 0 Å². The van der Waals surface area contributed by atoms with Gasteiger partial charge in [0.25, 0.3) is 0 Å². The molecule has 5 heteroatoms. The number of hydrogen-bond acceptors (Lipinski definition) is 4. The molecule has 2 unspecified atom stereocenters. The zero-order valence-corrected chi connectivity index (χ0v) is 13.3. The normalized spacial score (nSPS) is 15.0. The van der Waals surface area contributed by atoms with Crippen LogP contribution in [-0.2, 0) is 4.74 Å². The monoisotopic (exact) mass is 288 g/mol. The maximum atomic E-state index is 5.94. The fourth-order valence-electron chi connectivity index (χ4n) is 2.11. The van der Waals surface area contributed by atoms with Gasteiger partial charge in [-0.25, -0.2) is 4.98 Å². The van der Waals surface area contributed by atoms with Gasteiger partial charge < -0.3 is 15.0 Å². The van der Waals surface area contributed by atoms with Crippen molar-refractivity contribution in [2.24, 2.45) is 0 Å². The van der Waals surface area contributed by atoms with E-state index < -0.39 is 0 Å². The summed E-state index contributed by atoms with van der Waals surface area (Å²) in [5.41, 5.74) is 3.17. The van der Waals surface area contributed by atoms with E-state index in [4.69, 9.17) is 4.74 Å². The van der Waals surface area contributed by atoms with E-state index in [2.05, 4.69) is 34.3 Å². The Labute approximate surface area is 126 Å². The summed E-state index contributed by atoms with van der Waals surface area (Å²) in [4.78, 5) is 9.79. The zero-order valence-electron chi connectivity index (χ0n) is 13.3. The molecule has 0 amide bonds. The van der Waals surface area contributed by atoms with Gasteiger partial charge in [0.05, 0.1) is 17.1 Å². The molecule has 1 aromatic carbocycles. The van der Waals surface area contributed by atoms with E-state index in [1.54, 1.807) is 0 Å². The Morgan fingerprint density at radius 3 is 2.81 bits per heavy atom. The number of nitrogens with one attached hydrogen (secondary N) is 2. The number of aromatic nitrogens is 2. The summed E-state index contributed by atoms with van der Waals surface area (Å²) in [6, 6.07) is 6.17. The van der Waals surface area contributed by atoms with Crippen molar-refractivity contribution in [3.05, 3.63) is 35.9 Å². The molecule has 1 aromatic heterocycles. The number of benzene rings is 1. The molecule has 1 heterocycles. The molecule has 0 fully saturated rings. The number of ether oxygens (including phenoxy) is 1. The Bertz CT molecular complexity index is 618. The summed E-state index contributed by atoms with van der Waals surface area (Å²) < 4.78 is 5.94. The molecule has 21 heavy (non-hydrogen) atoms. The highest BCUT2D eigenvalue weighted by molar-refractivity contribution is 5.78. The molecular formula is C16H24N4O. The first-order chi connectivity index (χ1) is 9.99. The summed E-state index contributed by atoms with van der Waals surface area (Å²) in [5, 5.41) is 3.28. The minimum absolute atomic E-state index is 0.0292. The van der Waals surface area contributed by atoms with Crippen LogP contribution in [0.5, 0.6) is 0 Å². The van der Waals surface area contributed by atoms with Crippen LogP contribution in [0, 0.1) is 6.92 Å². The van der Waals surface area contributed by atoms with Crippen LogP contribution in [0.2, 0.25) is 0 Å². The van der Waals surface area contributed by atoms with Crippen molar-refractivity contribution in [2.75, 3.05) is 19.4 Å². The van der Waals surface area contributed by atoms with Crippen molar-refractivity contribution in [3.8, 4) is 0 Å². The number of imidazole rings is 1. The maximum absolute atomic E-state index is 5.94. The van der Waals surface area contributed by atoms with Gasteiger partial charge in [-0.1, -0.05) is 18.2 Å². The number of fused-ring (bicyclic) bond motifs is 1. The Morgan fingerprint density at radius 2 is 2.14 bits per heavy atom. The first-order valence-electron chi connectivity index (χ1n) is 7.17. The van der Waals surface area contributed by atoms with Crippen LogP contribution in [0.3, 0.4) is 0 Å². The summed E-state index contributed by atoms with van der Waals surface area (Å²) in [6.07, 6.45) is 3.78. The third-order valence-corrected chi connectivity index (χ3v) is 3.17. The van der Waals surface area contributed by atoms with E-state index in [-0.39, 0.29) is 12.5 Å². The standard InChI is InChI=1S/C16H24N4O/c1-6-7-12(3)21-16(20(4)5)19-15-17-13-9-8-11(2)10-14(13)18-15/h6-10,12,16H,1-5H3,(H2,17,18,19)/b7-6-. The van der Waals surface area contributed by atoms with Crippen LogP contribution >= 0.6 is 0 Å². The molecule has 0 aliphatic heterocycles. The fourth-order valence-corrected chi connectivity index (χ4v) is 2.11. The van der Waals surface area contributed by atoms with Crippen LogP contribution in [0.4, 0.5) is 5.95 Å². The van der Waals surface area contributed by atoms with Crippen LogP contribution in [0.15, 0.2) is 30.4 Å². The quantitative estimate of drug-likeness (QED) is 0.633. The van der Waals surface area contributed by atoms with Crippen molar-refractivity contribution in [1.82, 2.24) is 14.9 Å². The third kappa shape index (κ3) is 4.06. The smallest absolute Gasteiger partial charge is 0.204 e. The van der Waals surface area contributed by atoms with Gasteiger partial charge in [0.15, 0.2) is 6.35 Å². The van der Waals surface area contributed by atoms with Crippen molar-refractivity contribution in [3.63, 3.8) is 0 Å². The van der Waals surface area contributed by atoms with Crippen LogP contribution in [0.1, 0.15) is 19.4 Å². The molecule has 0 aliphatic rings. The summed E-state index contributed by atoms with van der Waals surface area (Å²) >= 11 is 0. The maximum Gasteiger partial charge on any atom is 0.204 e. The molecule has 114 valence electrons. The Hall–Kier alpha value is -1.85. The average Bonchev–Trinajstić information content (AvgIpc) is 2.79. The summed E-state index contributed by atoms with van der Waals surface area (Å²) in [6.45, 7) is 6.06. The van der Waals surface area contributed by atoms with Gasteiger partial charge >= 0.3 is 0 Å². The van der Waals surface area contributed by atoms with Gasteiger partial charge in [-0.05, 0) is 52.6 Å². The molecule has 0 bridgehead atoms. The van der Waals surface area contributed by atoms with Crippen molar-refractivity contribution in [1.29, 1.82) is 0 Å². The van der Waals surface area contributed by atoms with Crippen molar-refractivity contribution >= 4 is 17.0 Å². The first kappa shape index (κ1) is 15.5. The number of aromatic amines is 1. The molecule has 0 aliphatic carbocycles. The van der Waals surface area contributed by atoms with E-state index in [0.29, 0.717) is 5.95 Å². The largest absolute Gasteiger partial charge is 0.338 e. The van der Waals surface area contributed by atoms with Crippen LogP contribution in [0.25, 0.3) is 11.0 Å². The highest BCUT2D eigenvalue weighted by Gasteiger charge is 2.15. The molecular weight excluding hydrogens is 264 g/mol. The lowest BCUT2D eigenvalue weighted by atomic mass is 10.2. The number of H-pyrrole nitrogens is 1. The molecule has 0 spiro atoms. The lowest BCUT2D eigenvalue weighted by Crippen LogP contribution is -2.40. The third-order valence-electron chi connectivity index (χ3n) is 3.17. The van der Waals surface area contributed by atoms with Gasteiger partial charge in [-0.15, -0.1) is 0 Å². The molecule has 2 atom stereocenters. The summed E-state index contributed by atoms with van der Waals surface area (Å²) in [7, 11) is 3.93. The van der Waals surface area contributed by atoms with Gasteiger partial charge in [-0.2, -0.15) is 0 Å². The number of aryl methyl sites for hydroxylation is 1. The lowest BCUT2D eigenvalue weighted by Gasteiger charge is -2.27. The molecule has 2 rings (SSSR count). The molecule has 0 radical (unpaired) electrons. The molecule has 5 nitrogen and oxygen atoms in total. The van der Waals surface area contributed by atoms with E-state index in [9.17, 15) is 0 Å². The van der Waals surface area contributed by atoms with Gasteiger partial charge in [0.1, 0.15) is 0 Å². The molecule has 2 aromatic rings. The second-order valence-electron chi connectivity index (χ2n) is 5.43. The van der Waals surface area contributed by atoms with Crippen molar-refractivity contribution < 1.29 is 4.74 Å². The second kappa shape index (κ2) is 6.74. The minimum Gasteiger partial charge on any atom is -0.338 e. The highest BCUT2D eigenvalue weighted by Crippen LogP contribution is 2.17. The number of allylic oxidation sites excluding steroid dienone is 1. The number of nitrogens with zero attached hydrogens (tertiary/aromatic N) is 2. The zero-order chi connectivity index (χ0) is 15.4. The van der Waals surface area contributed by atoms with Crippen LogP contribution < -0.4 is 5.32 Å². The highest BCUT2D eigenvalue weighted by atomic mass is 16.5. The van der Waals surface area contributed by atoms with E-state index in [1.807, 2.05) is 51.1 Å². The Balaban J connectivity index is 2.14. The fraction of sp³-hybridized carbons (Fsp3) is 0.438. The second-order valence-corrected chi connectivity index (χ2v) is 5.43. The number of anilines is 1.